The van der Waals surface area contributed by atoms with E-state index < -0.39 is 0 Å². The summed E-state index contributed by atoms with van der Waals surface area (Å²) in [5, 5.41) is 6.61. The Kier molecular flexibility index (Phi) is 8.21. The molecule has 0 atom stereocenters. The highest BCUT2D eigenvalue weighted by Gasteiger charge is 1.96. The summed E-state index contributed by atoms with van der Waals surface area (Å²) in [7, 11) is 0. The molecule has 2 N–H and O–H groups in total. The van der Waals surface area contributed by atoms with Gasteiger partial charge in [0.15, 0.2) is 5.96 Å². The average molecular weight is 268 g/mol. The zero-order chi connectivity index (χ0) is 13.1. The normalized spacial score (nSPS) is 11.6. The van der Waals surface area contributed by atoms with Crippen LogP contribution in [0.3, 0.4) is 0 Å². The van der Waals surface area contributed by atoms with Crippen LogP contribution in [0.5, 0.6) is 0 Å². The number of nitrogens with one attached hydrogen (secondary N) is 2. The first-order valence-corrected chi connectivity index (χ1v) is 7.88. The number of thioether (sulfide) groups is 1. The van der Waals surface area contributed by atoms with Gasteiger partial charge < -0.3 is 15.2 Å². The lowest BCUT2D eigenvalue weighted by molar-refractivity contribution is 0.665. The first kappa shape index (κ1) is 15.0. The molecule has 0 spiro atoms. The van der Waals surface area contributed by atoms with Gasteiger partial charge in [-0.15, -0.1) is 0 Å². The molecule has 18 heavy (non-hydrogen) atoms. The Hall–Kier alpha value is -1.10. The van der Waals surface area contributed by atoms with E-state index >= 15 is 0 Å². The molecule has 1 aromatic heterocycles. The molecule has 0 aliphatic heterocycles. The quantitative estimate of drug-likeness (QED) is 0.429. The molecule has 0 unspecified atom stereocenters. The molecule has 0 amide bonds. The van der Waals surface area contributed by atoms with E-state index in [0.29, 0.717) is 0 Å². The van der Waals surface area contributed by atoms with Gasteiger partial charge in [0.05, 0.1) is 0 Å². The van der Waals surface area contributed by atoms with Gasteiger partial charge in [0, 0.05) is 38.6 Å². The lowest BCUT2D eigenvalue weighted by atomic mass is 10.5. The summed E-state index contributed by atoms with van der Waals surface area (Å²) in [5.41, 5.74) is 0. The fourth-order valence-electron chi connectivity index (χ4n) is 1.56. The van der Waals surface area contributed by atoms with Crippen molar-refractivity contribution in [1.29, 1.82) is 0 Å². The first-order chi connectivity index (χ1) is 8.86. The van der Waals surface area contributed by atoms with E-state index in [-0.39, 0.29) is 0 Å². The SMILES string of the molecule is CCNC(=NCCCSC)NCCn1cccc1. The maximum absolute atomic E-state index is 4.54. The van der Waals surface area contributed by atoms with Crippen LogP contribution in [0.15, 0.2) is 29.5 Å². The van der Waals surface area contributed by atoms with Crippen LogP contribution in [0, 0.1) is 0 Å². The minimum atomic E-state index is 0.889. The van der Waals surface area contributed by atoms with E-state index in [9.17, 15) is 0 Å². The second kappa shape index (κ2) is 9.88. The molecule has 4 nitrogen and oxygen atoms in total. The lowest BCUT2D eigenvalue weighted by Crippen LogP contribution is -2.38. The van der Waals surface area contributed by atoms with Crippen molar-refractivity contribution in [2.45, 2.75) is 19.9 Å². The van der Waals surface area contributed by atoms with Crippen LogP contribution in [0.25, 0.3) is 0 Å². The van der Waals surface area contributed by atoms with Crippen molar-refractivity contribution in [3.63, 3.8) is 0 Å². The molecule has 0 saturated carbocycles. The number of hydrogen-bond donors (Lipinski definition) is 2. The Bertz CT molecular complexity index is 322. The Morgan fingerprint density at radius 3 is 2.72 bits per heavy atom. The highest BCUT2D eigenvalue weighted by Crippen LogP contribution is 1.95. The third kappa shape index (κ3) is 6.59. The fraction of sp³-hybridized carbons (Fsp3) is 0.615. The molecule has 1 aromatic rings. The number of aromatic nitrogens is 1. The number of guanidine groups is 1. The van der Waals surface area contributed by atoms with Gasteiger partial charge in [-0.25, -0.2) is 0 Å². The van der Waals surface area contributed by atoms with E-state index in [1.54, 1.807) is 0 Å². The largest absolute Gasteiger partial charge is 0.357 e. The van der Waals surface area contributed by atoms with Gasteiger partial charge in [-0.1, -0.05) is 0 Å². The van der Waals surface area contributed by atoms with E-state index in [4.69, 9.17) is 0 Å². The molecule has 1 rings (SSSR count). The summed E-state index contributed by atoms with van der Waals surface area (Å²) in [6.45, 7) is 5.73. The predicted octanol–water partition coefficient (Wildman–Crippen LogP) is 1.80. The molecule has 0 saturated heterocycles. The number of rotatable bonds is 8. The summed E-state index contributed by atoms with van der Waals surface area (Å²) in [6.07, 6.45) is 7.41. The smallest absolute Gasteiger partial charge is 0.191 e. The van der Waals surface area contributed by atoms with Gasteiger partial charge in [-0.3, -0.25) is 4.99 Å². The lowest BCUT2D eigenvalue weighted by Gasteiger charge is -2.11. The molecular formula is C13H24N4S. The van der Waals surface area contributed by atoms with E-state index in [1.807, 2.05) is 23.9 Å². The van der Waals surface area contributed by atoms with Gasteiger partial charge in [0.25, 0.3) is 0 Å². The van der Waals surface area contributed by atoms with E-state index in [1.165, 1.54) is 5.75 Å². The zero-order valence-corrected chi connectivity index (χ0v) is 12.2. The van der Waals surface area contributed by atoms with Crippen LogP contribution in [-0.4, -0.2) is 42.2 Å². The average Bonchev–Trinajstić information content (AvgIpc) is 2.87. The molecule has 0 aromatic carbocycles. The second-order valence-corrected chi connectivity index (χ2v) is 4.94. The minimum Gasteiger partial charge on any atom is -0.357 e. The van der Waals surface area contributed by atoms with Crippen LogP contribution in [-0.2, 0) is 6.54 Å². The van der Waals surface area contributed by atoms with Crippen molar-refractivity contribution in [2.24, 2.45) is 4.99 Å². The highest BCUT2D eigenvalue weighted by molar-refractivity contribution is 7.98. The molecule has 0 bridgehead atoms. The summed E-state index contributed by atoms with van der Waals surface area (Å²) in [4.78, 5) is 4.54. The van der Waals surface area contributed by atoms with Crippen molar-refractivity contribution in [3.8, 4) is 0 Å². The Balaban J connectivity index is 2.23. The maximum Gasteiger partial charge on any atom is 0.191 e. The zero-order valence-electron chi connectivity index (χ0n) is 11.4. The van der Waals surface area contributed by atoms with E-state index in [2.05, 4.69) is 45.8 Å². The summed E-state index contributed by atoms with van der Waals surface area (Å²) < 4.78 is 2.16. The van der Waals surface area contributed by atoms with Crippen LogP contribution < -0.4 is 10.6 Å². The number of nitrogens with zero attached hydrogens (tertiary/aromatic N) is 2. The molecule has 0 fully saturated rings. The van der Waals surface area contributed by atoms with Gasteiger partial charge in [0.2, 0.25) is 0 Å². The van der Waals surface area contributed by atoms with Crippen LogP contribution in [0.4, 0.5) is 0 Å². The highest BCUT2D eigenvalue weighted by atomic mass is 32.2. The van der Waals surface area contributed by atoms with Crippen LogP contribution in [0.2, 0.25) is 0 Å². The maximum atomic E-state index is 4.54. The van der Waals surface area contributed by atoms with Gasteiger partial charge >= 0.3 is 0 Å². The third-order valence-corrected chi connectivity index (χ3v) is 3.15. The Morgan fingerprint density at radius 2 is 2.06 bits per heavy atom. The van der Waals surface area contributed by atoms with Crippen molar-refractivity contribution >= 4 is 17.7 Å². The molecular weight excluding hydrogens is 244 g/mol. The van der Waals surface area contributed by atoms with Crippen molar-refractivity contribution < 1.29 is 0 Å². The molecule has 0 aliphatic rings. The summed E-state index contributed by atoms with van der Waals surface area (Å²) >= 11 is 1.87. The third-order valence-electron chi connectivity index (χ3n) is 2.45. The topological polar surface area (TPSA) is 41.4 Å². The molecule has 0 radical (unpaired) electrons. The minimum absolute atomic E-state index is 0.889. The second-order valence-electron chi connectivity index (χ2n) is 3.95. The Labute approximate surface area is 114 Å². The number of aliphatic imine (C=N–C) groups is 1. The predicted molar refractivity (Wildman–Crippen MR) is 81.4 cm³/mol. The Morgan fingerprint density at radius 1 is 1.28 bits per heavy atom. The fourth-order valence-corrected chi connectivity index (χ4v) is 1.98. The monoisotopic (exact) mass is 268 g/mol. The summed E-state index contributed by atoms with van der Waals surface area (Å²) in [6, 6.07) is 4.09. The number of hydrogen-bond acceptors (Lipinski definition) is 2. The van der Waals surface area contributed by atoms with Crippen LogP contribution in [0.1, 0.15) is 13.3 Å². The van der Waals surface area contributed by atoms with E-state index in [0.717, 1.165) is 38.6 Å². The van der Waals surface area contributed by atoms with Gasteiger partial charge in [0.1, 0.15) is 0 Å². The van der Waals surface area contributed by atoms with Crippen molar-refractivity contribution in [3.05, 3.63) is 24.5 Å². The molecule has 0 aliphatic carbocycles. The van der Waals surface area contributed by atoms with Crippen molar-refractivity contribution in [2.75, 3.05) is 31.6 Å². The molecule has 5 heteroatoms. The van der Waals surface area contributed by atoms with Gasteiger partial charge in [-0.2, -0.15) is 11.8 Å². The van der Waals surface area contributed by atoms with Crippen LogP contribution >= 0.6 is 11.8 Å². The van der Waals surface area contributed by atoms with Crippen molar-refractivity contribution in [1.82, 2.24) is 15.2 Å². The van der Waals surface area contributed by atoms with Gasteiger partial charge in [-0.05, 0) is 37.5 Å². The summed E-state index contributed by atoms with van der Waals surface area (Å²) in [5.74, 6) is 2.09. The molecule has 1 heterocycles. The molecule has 102 valence electrons. The standard InChI is InChI=1S/C13H24N4S/c1-3-14-13(15-7-6-12-18-2)16-8-11-17-9-4-5-10-17/h4-5,9-10H,3,6-8,11-12H2,1-2H3,(H2,14,15,16). The first-order valence-electron chi connectivity index (χ1n) is 6.48.